The first-order valence-electron chi connectivity index (χ1n) is 7.10. The zero-order valence-electron chi connectivity index (χ0n) is 12.6. The highest BCUT2D eigenvalue weighted by molar-refractivity contribution is 9.10. The number of carbonyl (C=O) groups excluding carboxylic acids is 1. The van der Waals surface area contributed by atoms with Gasteiger partial charge in [0.1, 0.15) is 5.82 Å². The van der Waals surface area contributed by atoms with Gasteiger partial charge in [0.05, 0.1) is 5.69 Å². The van der Waals surface area contributed by atoms with Crippen molar-refractivity contribution in [3.8, 4) is 11.3 Å². The van der Waals surface area contributed by atoms with Crippen molar-refractivity contribution >= 4 is 55.6 Å². The Bertz CT molecular complexity index is 910. The van der Waals surface area contributed by atoms with Crippen molar-refractivity contribution in [3.63, 3.8) is 0 Å². The van der Waals surface area contributed by atoms with Crippen molar-refractivity contribution in [2.24, 2.45) is 0 Å². The summed E-state index contributed by atoms with van der Waals surface area (Å²) in [6.07, 6.45) is 0. The lowest BCUT2D eigenvalue weighted by molar-refractivity contribution is 0.0977. The van der Waals surface area contributed by atoms with Gasteiger partial charge in [-0.1, -0.05) is 28.1 Å². The van der Waals surface area contributed by atoms with Gasteiger partial charge in [-0.2, -0.15) is 0 Å². The number of anilines is 1. The standard InChI is InChI=1S/C17H11BrFN3OS2/c18-12-5-1-10(2-6-12)14-9-25-17(20-14)22-16(24)21-15(23)11-3-7-13(19)8-4-11/h1-9H,(H2,20,21,22,23,24). The third-order valence-electron chi connectivity index (χ3n) is 3.20. The van der Waals surface area contributed by atoms with Crippen molar-refractivity contribution in [1.29, 1.82) is 0 Å². The van der Waals surface area contributed by atoms with E-state index in [2.05, 4.69) is 31.5 Å². The maximum atomic E-state index is 12.9. The van der Waals surface area contributed by atoms with Gasteiger partial charge in [-0.05, 0) is 48.6 Å². The maximum Gasteiger partial charge on any atom is 0.257 e. The predicted octanol–water partition coefficient (Wildman–Crippen LogP) is 4.84. The van der Waals surface area contributed by atoms with Crippen LogP contribution in [0.4, 0.5) is 9.52 Å². The zero-order valence-corrected chi connectivity index (χ0v) is 15.8. The minimum absolute atomic E-state index is 0.131. The fourth-order valence-electron chi connectivity index (χ4n) is 1.99. The molecule has 0 aliphatic carbocycles. The largest absolute Gasteiger partial charge is 0.308 e. The average molecular weight is 436 g/mol. The molecule has 1 heterocycles. The molecule has 0 aliphatic rings. The van der Waals surface area contributed by atoms with E-state index >= 15 is 0 Å². The fraction of sp³-hybridized carbons (Fsp3) is 0. The molecule has 126 valence electrons. The van der Waals surface area contributed by atoms with Gasteiger partial charge >= 0.3 is 0 Å². The topological polar surface area (TPSA) is 54.0 Å². The fourth-order valence-corrected chi connectivity index (χ4v) is 3.23. The van der Waals surface area contributed by atoms with Crippen LogP contribution in [-0.4, -0.2) is 16.0 Å². The molecular weight excluding hydrogens is 425 g/mol. The van der Waals surface area contributed by atoms with Gasteiger partial charge in [-0.3, -0.25) is 10.1 Å². The van der Waals surface area contributed by atoms with E-state index in [1.807, 2.05) is 29.6 Å². The SMILES string of the molecule is O=C(NC(=S)Nc1nc(-c2ccc(Br)cc2)cs1)c1ccc(F)cc1. The molecule has 3 aromatic rings. The lowest BCUT2D eigenvalue weighted by atomic mass is 10.2. The van der Waals surface area contributed by atoms with Crippen LogP contribution in [0.3, 0.4) is 0 Å². The average Bonchev–Trinajstić information content (AvgIpc) is 3.04. The summed E-state index contributed by atoms with van der Waals surface area (Å²) >= 11 is 9.90. The Labute approximate surface area is 161 Å². The van der Waals surface area contributed by atoms with Crippen molar-refractivity contribution in [3.05, 3.63) is 69.8 Å². The highest BCUT2D eigenvalue weighted by Crippen LogP contribution is 2.26. The summed E-state index contributed by atoms with van der Waals surface area (Å²) in [7, 11) is 0. The minimum Gasteiger partial charge on any atom is -0.308 e. The van der Waals surface area contributed by atoms with Crippen LogP contribution in [0.5, 0.6) is 0 Å². The molecule has 2 aromatic carbocycles. The zero-order chi connectivity index (χ0) is 17.8. The molecule has 0 unspecified atom stereocenters. The van der Waals surface area contributed by atoms with Gasteiger partial charge in [-0.15, -0.1) is 11.3 Å². The number of thiocarbonyl (C=S) groups is 1. The first kappa shape index (κ1) is 17.7. The summed E-state index contributed by atoms with van der Waals surface area (Å²) in [4.78, 5) is 16.5. The Morgan fingerprint density at radius 2 is 1.80 bits per heavy atom. The number of hydrogen-bond acceptors (Lipinski definition) is 4. The van der Waals surface area contributed by atoms with E-state index in [0.717, 1.165) is 15.7 Å². The second-order valence-corrected chi connectivity index (χ2v) is 7.14. The highest BCUT2D eigenvalue weighted by atomic mass is 79.9. The van der Waals surface area contributed by atoms with Crippen LogP contribution in [0.2, 0.25) is 0 Å². The summed E-state index contributed by atoms with van der Waals surface area (Å²) in [6, 6.07) is 13.0. The molecule has 0 saturated heterocycles. The summed E-state index contributed by atoms with van der Waals surface area (Å²) < 4.78 is 13.9. The Hall–Kier alpha value is -2.16. The third kappa shape index (κ3) is 4.68. The van der Waals surface area contributed by atoms with Crippen molar-refractivity contribution in [2.45, 2.75) is 0 Å². The second kappa shape index (κ2) is 7.81. The minimum atomic E-state index is -0.415. The predicted molar refractivity (Wildman–Crippen MR) is 105 cm³/mol. The molecule has 8 heteroatoms. The number of aromatic nitrogens is 1. The van der Waals surface area contributed by atoms with Gasteiger partial charge in [0.15, 0.2) is 10.2 Å². The molecule has 0 saturated carbocycles. The van der Waals surface area contributed by atoms with Crippen LogP contribution < -0.4 is 10.6 Å². The maximum absolute atomic E-state index is 12.9. The van der Waals surface area contributed by atoms with E-state index in [0.29, 0.717) is 10.7 Å². The third-order valence-corrected chi connectivity index (χ3v) is 4.69. The van der Waals surface area contributed by atoms with Gasteiger partial charge < -0.3 is 5.32 Å². The van der Waals surface area contributed by atoms with Crippen LogP contribution in [0.15, 0.2) is 58.4 Å². The number of nitrogens with one attached hydrogen (secondary N) is 2. The molecule has 0 atom stereocenters. The Balaban J connectivity index is 1.62. The second-order valence-electron chi connectivity index (χ2n) is 4.96. The van der Waals surface area contributed by atoms with Gasteiger partial charge in [0.25, 0.3) is 5.91 Å². The lowest BCUT2D eigenvalue weighted by Crippen LogP contribution is -2.34. The monoisotopic (exact) mass is 435 g/mol. The van der Waals surface area contributed by atoms with E-state index in [1.165, 1.54) is 35.6 Å². The van der Waals surface area contributed by atoms with Gasteiger partial charge in [0, 0.05) is 21.0 Å². The van der Waals surface area contributed by atoms with Gasteiger partial charge in [-0.25, -0.2) is 9.37 Å². The number of halogens is 2. The van der Waals surface area contributed by atoms with Crippen molar-refractivity contribution < 1.29 is 9.18 Å². The molecule has 1 aromatic heterocycles. The molecule has 2 N–H and O–H groups in total. The molecule has 0 fully saturated rings. The van der Waals surface area contributed by atoms with Crippen LogP contribution >= 0.6 is 39.5 Å². The van der Waals surface area contributed by atoms with Crippen molar-refractivity contribution in [1.82, 2.24) is 10.3 Å². The van der Waals surface area contributed by atoms with E-state index in [-0.39, 0.29) is 5.11 Å². The number of hydrogen-bond donors (Lipinski definition) is 2. The number of carbonyl (C=O) groups is 1. The summed E-state index contributed by atoms with van der Waals surface area (Å²) in [5.74, 6) is -0.817. The molecule has 0 radical (unpaired) electrons. The number of nitrogens with zero attached hydrogens (tertiary/aromatic N) is 1. The quantitative estimate of drug-likeness (QED) is 0.577. The molecular formula is C17H11BrFN3OS2. The number of rotatable bonds is 3. The highest BCUT2D eigenvalue weighted by Gasteiger charge is 2.10. The number of benzene rings is 2. The Morgan fingerprint density at radius 3 is 2.48 bits per heavy atom. The van der Waals surface area contributed by atoms with E-state index in [9.17, 15) is 9.18 Å². The first-order valence-corrected chi connectivity index (χ1v) is 9.19. The summed E-state index contributed by atoms with van der Waals surface area (Å²) in [5, 5.41) is 8.02. The molecule has 4 nitrogen and oxygen atoms in total. The normalized spacial score (nSPS) is 10.3. The molecule has 0 bridgehead atoms. The van der Waals surface area contributed by atoms with E-state index in [4.69, 9.17) is 12.2 Å². The summed E-state index contributed by atoms with van der Waals surface area (Å²) in [6.45, 7) is 0. The molecule has 0 spiro atoms. The number of thiazole rings is 1. The first-order chi connectivity index (χ1) is 12.0. The van der Waals surface area contributed by atoms with Crippen LogP contribution in [0.25, 0.3) is 11.3 Å². The van der Waals surface area contributed by atoms with Crippen molar-refractivity contribution in [2.75, 3.05) is 5.32 Å². The molecule has 0 aliphatic heterocycles. The molecule has 3 rings (SSSR count). The van der Waals surface area contributed by atoms with E-state index in [1.54, 1.807) is 0 Å². The Morgan fingerprint density at radius 1 is 1.12 bits per heavy atom. The van der Waals surface area contributed by atoms with Gasteiger partial charge in [0.2, 0.25) is 0 Å². The van der Waals surface area contributed by atoms with Crippen LogP contribution in [0, 0.1) is 5.82 Å². The molecule has 1 amide bonds. The number of amides is 1. The molecule has 25 heavy (non-hydrogen) atoms. The lowest BCUT2D eigenvalue weighted by Gasteiger charge is -2.07. The van der Waals surface area contributed by atoms with Crippen LogP contribution in [-0.2, 0) is 0 Å². The van der Waals surface area contributed by atoms with Crippen LogP contribution in [0.1, 0.15) is 10.4 Å². The summed E-state index contributed by atoms with van der Waals surface area (Å²) in [5.41, 5.74) is 2.11. The Kier molecular flexibility index (Phi) is 5.52. The smallest absolute Gasteiger partial charge is 0.257 e. The van der Waals surface area contributed by atoms with E-state index < -0.39 is 11.7 Å².